The van der Waals surface area contributed by atoms with Gasteiger partial charge < -0.3 is 14.8 Å². The van der Waals surface area contributed by atoms with Crippen molar-refractivity contribution in [2.75, 3.05) is 20.8 Å². The van der Waals surface area contributed by atoms with Crippen LogP contribution in [0, 0.1) is 11.3 Å². The molecule has 0 unspecified atom stereocenters. The number of benzene rings is 2. The van der Waals surface area contributed by atoms with Crippen molar-refractivity contribution in [3.8, 4) is 16.9 Å². The van der Waals surface area contributed by atoms with E-state index in [1.807, 2.05) is 55.5 Å². The summed E-state index contributed by atoms with van der Waals surface area (Å²) in [6.45, 7) is 3.83. The molecule has 2 aromatic rings. The average molecular weight is 409 g/mol. The molecule has 0 aliphatic carbocycles. The van der Waals surface area contributed by atoms with Crippen LogP contribution in [0.25, 0.3) is 11.1 Å². The Bertz CT molecular complexity index is 974. The topological polar surface area (TPSA) is 91.7 Å². The molecule has 3 rings (SSSR count). The van der Waals surface area contributed by atoms with Crippen LogP contribution in [0.3, 0.4) is 0 Å². The second-order valence-corrected chi connectivity index (χ2v) is 7.45. The summed E-state index contributed by atoms with van der Waals surface area (Å²) in [4.78, 5) is 26.5. The number of esters is 1. The van der Waals surface area contributed by atoms with E-state index < -0.39 is 17.4 Å². The Morgan fingerprint density at radius 2 is 1.87 bits per heavy atom. The van der Waals surface area contributed by atoms with Crippen molar-refractivity contribution < 1.29 is 19.1 Å². The van der Waals surface area contributed by atoms with E-state index in [0.717, 1.165) is 22.4 Å². The number of nitrogens with zero attached hydrogens (tertiary/aromatic N) is 1. The largest absolute Gasteiger partial charge is 0.497 e. The molecule has 1 aliphatic rings. The first kappa shape index (κ1) is 21.4. The third kappa shape index (κ3) is 4.01. The summed E-state index contributed by atoms with van der Waals surface area (Å²) in [5.41, 5.74) is 1.78. The van der Waals surface area contributed by atoms with E-state index >= 15 is 0 Å². The number of hydrogen-bond donors (Lipinski definition) is 2. The summed E-state index contributed by atoms with van der Waals surface area (Å²) >= 11 is 0. The maximum absolute atomic E-state index is 13.0. The van der Waals surface area contributed by atoms with E-state index in [0.29, 0.717) is 0 Å². The molecule has 7 nitrogen and oxygen atoms in total. The molecule has 0 saturated carbocycles. The van der Waals surface area contributed by atoms with Crippen molar-refractivity contribution in [1.82, 2.24) is 10.2 Å². The maximum Gasteiger partial charge on any atom is 0.306 e. The molecule has 1 amide bonds. The van der Waals surface area contributed by atoms with Crippen LogP contribution >= 0.6 is 0 Å². The highest BCUT2D eigenvalue weighted by Gasteiger charge is 2.48. The number of hydrogen-bond acceptors (Lipinski definition) is 5. The Morgan fingerprint density at radius 3 is 2.53 bits per heavy atom. The summed E-state index contributed by atoms with van der Waals surface area (Å²) in [5.74, 6) is -0.694. The van der Waals surface area contributed by atoms with Gasteiger partial charge in [0.1, 0.15) is 5.75 Å². The number of rotatable bonds is 6. The number of ether oxygens (including phenoxy) is 2. The van der Waals surface area contributed by atoms with Gasteiger partial charge in [0, 0.05) is 7.05 Å². The van der Waals surface area contributed by atoms with Gasteiger partial charge in [-0.2, -0.15) is 0 Å². The summed E-state index contributed by atoms with van der Waals surface area (Å²) < 4.78 is 10.4. The Balaban J connectivity index is 2.04. The number of carbonyl (C=O) groups is 2. The number of guanidine groups is 1. The van der Waals surface area contributed by atoms with E-state index in [1.165, 1.54) is 11.9 Å². The van der Waals surface area contributed by atoms with E-state index in [4.69, 9.17) is 14.9 Å². The molecule has 0 radical (unpaired) electrons. The van der Waals surface area contributed by atoms with Crippen LogP contribution < -0.4 is 10.1 Å². The SMILES string of the molecule is CCOC(=O)C[C@H]1C(=O)N(C)C(=N)N[C@]1(C)c1cccc(-c2cccc(OC)c2)c1. The summed E-state index contributed by atoms with van der Waals surface area (Å²) in [6.07, 6.45) is -0.0722. The normalized spacial score (nSPS) is 21.2. The third-order valence-corrected chi connectivity index (χ3v) is 5.58. The molecule has 0 bridgehead atoms. The minimum atomic E-state index is -0.942. The molecule has 1 aliphatic heterocycles. The van der Waals surface area contributed by atoms with E-state index in [1.54, 1.807) is 14.0 Å². The fourth-order valence-corrected chi connectivity index (χ4v) is 3.78. The fraction of sp³-hybridized carbons (Fsp3) is 0.348. The molecule has 158 valence electrons. The smallest absolute Gasteiger partial charge is 0.306 e. The van der Waals surface area contributed by atoms with Crippen LogP contribution in [0.4, 0.5) is 0 Å². The molecule has 1 fully saturated rings. The lowest BCUT2D eigenvalue weighted by molar-refractivity contribution is -0.150. The number of carbonyl (C=O) groups excluding carboxylic acids is 2. The van der Waals surface area contributed by atoms with E-state index in [9.17, 15) is 9.59 Å². The quantitative estimate of drug-likeness (QED) is 0.715. The lowest BCUT2D eigenvalue weighted by Gasteiger charge is -2.45. The molecule has 2 N–H and O–H groups in total. The number of methoxy groups -OCH3 is 1. The Labute approximate surface area is 176 Å². The summed E-state index contributed by atoms with van der Waals surface area (Å²) in [7, 11) is 3.15. The molecule has 7 heteroatoms. The predicted molar refractivity (Wildman–Crippen MR) is 114 cm³/mol. The lowest BCUT2D eigenvalue weighted by Crippen LogP contribution is -2.64. The van der Waals surface area contributed by atoms with Gasteiger partial charge in [-0.15, -0.1) is 0 Å². The lowest BCUT2D eigenvalue weighted by atomic mass is 9.75. The zero-order valence-electron chi connectivity index (χ0n) is 17.7. The van der Waals surface area contributed by atoms with Gasteiger partial charge in [-0.1, -0.05) is 30.3 Å². The van der Waals surface area contributed by atoms with Gasteiger partial charge in [-0.05, 0) is 48.7 Å². The zero-order chi connectivity index (χ0) is 21.9. The monoisotopic (exact) mass is 409 g/mol. The fourth-order valence-electron chi connectivity index (χ4n) is 3.78. The van der Waals surface area contributed by atoms with Crippen molar-refractivity contribution >= 4 is 17.8 Å². The molecule has 1 heterocycles. The standard InChI is InChI=1S/C23H27N3O4/c1-5-30-20(27)14-19-21(28)26(3)22(24)25-23(19,2)17-10-6-8-15(12-17)16-9-7-11-18(13-16)29-4/h6-13,19H,5,14H2,1-4H3,(H2,24,25)/t19-,23+/m0/s1. The van der Waals surface area contributed by atoms with Gasteiger partial charge in [0.15, 0.2) is 5.96 Å². The van der Waals surface area contributed by atoms with Crippen LogP contribution in [0.1, 0.15) is 25.8 Å². The second kappa shape index (κ2) is 8.57. The van der Waals surface area contributed by atoms with Gasteiger partial charge in [-0.25, -0.2) is 0 Å². The molecule has 0 aromatic heterocycles. The van der Waals surface area contributed by atoms with Crippen molar-refractivity contribution in [2.45, 2.75) is 25.8 Å². The summed E-state index contributed by atoms with van der Waals surface area (Å²) in [5, 5.41) is 11.4. The first-order valence-corrected chi connectivity index (χ1v) is 9.85. The molecular formula is C23H27N3O4. The molecule has 0 spiro atoms. The van der Waals surface area contributed by atoms with Gasteiger partial charge in [0.05, 0.1) is 31.6 Å². The van der Waals surface area contributed by atoms with Crippen molar-refractivity contribution in [2.24, 2.45) is 5.92 Å². The molecular weight excluding hydrogens is 382 g/mol. The van der Waals surface area contributed by atoms with E-state index in [-0.39, 0.29) is 24.9 Å². The second-order valence-electron chi connectivity index (χ2n) is 7.45. The van der Waals surface area contributed by atoms with Crippen molar-refractivity contribution in [3.63, 3.8) is 0 Å². The van der Waals surface area contributed by atoms with Crippen LogP contribution in [0.2, 0.25) is 0 Å². The highest BCUT2D eigenvalue weighted by molar-refractivity contribution is 6.01. The molecule has 2 atom stereocenters. The zero-order valence-corrected chi connectivity index (χ0v) is 17.7. The summed E-state index contributed by atoms with van der Waals surface area (Å²) in [6, 6.07) is 15.5. The Morgan fingerprint density at radius 1 is 1.20 bits per heavy atom. The average Bonchev–Trinajstić information content (AvgIpc) is 2.75. The third-order valence-electron chi connectivity index (χ3n) is 5.58. The maximum atomic E-state index is 13.0. The van der Waals surface area contributed by atoms with Crippen LogP contribution in [-0.2, 0) is 19.9 Å². The Kier molecular flexibility index (Phi) is 6.10. The van der Waals surface area contributed by atoms with Gasteiger partial charge >= 0.3 is 5.97 Å². The first-order valence-electron chi connectivity index (χ1n) is 9.85. The van der Waals surface area contributed by atoms with Crippen LogP contribution in [0.5, 0.6) is 5.75 Å². The van der Waals surface area contributed by atoms with Crippen LogP contribution in [0.15, 0.2) is 48.5 Å². The minimum Gasteiger partial charge on any atom is -0.497 e. The first-order chi connectivity index (χ1) is 14.3. The van der Waals surface area contributed by atoms with Gasteiger partial charge in [0.2, 0.25) is 5.91 Å². The number of amides is 1. The van der Waals surface area contributed by atoms with Gasteiger partial charge in [-0.3, -0.25) is 19.9 Å². The highest BCUT2D eigenvalue weighted by Crippen LogP contribution is 2.38. The molecule has 2 aromatic carbocycles. The predicted octanol–water partition coefficient (Wildman–Crippen LogP) is 3.14. The van der Waals surface area contributed by atoms with Crippen molar-refractivity contribution in [1.29, 1.82) is 5.41 Å². The number of nitrogens with one attached hydrogen (secondary N) is 2. The highest BCUT2D eigenvalue weighted by atomic mass is 16.5. The van der Waals surface area contributed by atoms with Crippen LogP contribution in [-0.4, -0.2) is 43.5 Å². The van der Waals surface area contributed by atoms with E-state index in [2.05, 4.69) is 5.32 Å². The molecule has 1 saturated heterocycles. The molecule has 30 heavy (non-hydrogen) atoms. The van der Waals surface area contributed by atoms with Gasteiger partial charge in [0.25, 0.3) is 0 Å². The van der Waals surface area contributed by atoms with Crippen molar-refractivity contribution in [3.05, 3.63) is 54.1 Å². The Hall–Kier alpha value is -3.35. The minimum absolute atomic E-state index is 0.00519.